The third kappa shape index (κ3) is 5.34. The number of carbonyl (C=O) groups excluding carboxylic acids is 1. The second-order valence-corrected chi connectivity index (χ2v) is 7.75. The number of aromatic nitrogens is 1. The Hall–Kier alpha value is -1.88. The summed E-state index contributed by atoms with van der Waals surface area (Å²) < 4.78 is 40.9. The van der Waals surface area contributed by atoms with Crippen LogP contribution in [0, 0.1) is 10.5 Å². The van der Waals surface area contributed by atoms with Crippen LogP contribution < -0.4 is 10.9 Å². The highest BCUT2D eigenvalue weighted by molar-refractivity contribution is 14.1. The average molecular weight is 507 g/mol. The molecule has 0 atom stereocenters. The van der Waals surface area contributed by atoms with Crippen LogP contribution in [-0.4, -0.2) is 42.6 Å². The van der Waals surface area contributed by atoms with Crippen LogP contribution in [0.5, 0.6) is 0 Å². The summed E-state index contributed by atoms with van der Waals surface area (Å²) in [5, 5.41) is 2.69. The molecular weight excluding hydrogens is 486 g/mol. The summed E-state index contributed by atoms with van der Waals surface area (Å²) in [5.74, 6) is -0.539. The maximum absolute atomic E-state index is 13.0. The molecule has 9 heteroatoms. The highest BCUT2D eigenvalue weighted by Crippen LogP contribution is 2.30. The molecule has 1 aromatic carbocycles. The number of nitrogens with zero attached hydrogens (tertiary/aromatic N) is 2. The lowest BCUT2D eigenvalue weighted by molar-refractivity contribution is -0.137. The van der Waals surface area contributed by atoms with Crippen molar-refractivity contribution in [3.63, 3.8) is 0 Å². The molecule has 0 aliphatic rings. The molecule has 28 heavy (non-hydrogen) atoms. The van der Waals surface area contributed by atoms with Gasteiger partial charge in [0.05, 0.1) is 5.56 Å². The molecule has 1 amide bonds. The predicted molar refractivity (Wildman–Crippen MR) is 110 cm³/mol. The summed E-state index contributed by atoms with van der Waals surface area (Å²) >= 11 is 1.96. The van der Waals surface area contributed by atoms with Gasteiger partial charge in [-0.3, -0.25) is 14.2 Å². The van der Waals surface area contributed by atoms with Crippen molar-refractivity contribution < 1.29 is 18.0 Å². The molecule has 0 unspecified atom stereocenters. The van der Waals surface area contributed by atoms with Gasteiger partial charge in [0.1, 0.15) is 5.56 Å². The first kappa shape index (κ1) is 22.4. The zero-order valence-electron chi connectivity index (χ0n) is 15.7. The maximum atomic E-state index is 13.0. The van der Waals surface area contributed by atoms with E-state index in [4.69, 9.17) is 0 Å². The summed E-state index contributed by atoms with van der Waals surface area (Å²) in [4.78, 5) is 27.3. The van der Waals surface area contributed by atoms with Crippen LogP contribution in [0.3, 0.4) is 0 Å². The topological polar surface area (TPSA) is 54.3 Å². The van der Waals surface area contributed by atoms with Gasteiger partial charge < -0.3 is 10.2 Å². The van der Waals surface area contributed by atoms with Crippen LogP contribution in [0.1, 0.15) is 28.0 Å². The maximum Gasteiger partial charge on any atom is 0.416 e. The Morgan fingerprint density at radius 1 is 1.25 bits per heavy atom. The third-order valence-electron chi connectivity index (χ3n) is 4.13. The van der Waals surface area contributed by atoms with Crippen LogP contribution in [0.2, 0.25) is 0 Å². The van der Waals surface area contributed by atoms with E-state index in [1.165, 1.54) is 18.2 Å². The molecule has 0 aliphatic carbocycles. The van der Waals surface area contributed by atoms with Gasteiger partial charge in [-0.2, -0.15) is 13.2 Å². The van der Waals surface area contributed by atoms with Gasteiger partial charge >= 0.3 is 6.18 Å². The Kier molecular flexibility index (Phi) is 7.27. The minimum Gasteiger partial charge on any atom is -0.352 e. The Bertz CT molecular complexity index is 924. The number of nitrogens with one attached hydrogen (secondary N) is 1. The van der Waals surface area contributed by atoms with E-state index in [1.807, 2.05) is 41.6 Å². The monoisotopic (exact) mass is 507 g/mol. The summed E-state index contributed by atoms with van der Waals surface area (Å²) in [6.07, 6.45) is -3.81. The zero-order valence-corrected chi connectivity index (χ0v) is 17.9. The van der Waals surface area contributed by atoms with E-state index in [9.17, 15) is 22.8 Å². The van der Waals surface area contributed by atoms with Gasteiger partial charge in [-0.25, -0.2) is 0 Å². The number of hydrogen-bond donors (Lipinski definition) is 1. The fourth-order valence-corrected chi connectivity index (χ4v) is 3.21. The van der Waals surface area contributed by atoms with Crippen LogP contribution in [-0.2, 0) is 6.18 Å². The van der Waals surface area contributed by atoms with Crippen LogP contribution in [0.4, 0.5) is 13.2 Å². The molecule has 0 saturated heterocycles. The van der Waals surface area contributed by atoms with Gasteiger partial charge in [-0.1, -0.05) is 6.07 Å². The van der Waals surface area contributed by atoms with Crippen molar-refractivity contribution in [2.24, 2.45) is 0 Å². The number of amides is 1. The normalized spacial score (nSPS) is 11.7. The Morgan fingerprint density at radius 2 is 1.93 bits per heavy atom. The van der Waals surface area contributed by atoms with E-state index in [0.717, 1.165) is 23.2 Å². The van der Waals surface area contributed by atoms with E-state index in [0.29, 0.717) is 22.2 Å². The quantitative estimate of drug-likeness (QED) is 0.482. The van der Waals surface area contributed by atoms with E-state index in [1.54, 1.807) is 6.92 Å². The molecule has 2 aromatic rings. The lowest BCUT2D eigenvalue weighted by Crippen LogP contribution is -2.35. The molecule has 0 saturated carbocycles. The highest BCUT2D eigenvalue weighted by atomic mass is 127. The molecule has 0 radical (unpaired) electrons. The second-order valence-electron chi connectivity index (χ2n) is 6.59. The van der Waals surface area contributed by atoms with Crippen molar-refractivity contribution in [1.29, 1.82) is 0 Å². The molecule has 0 bridgehead atoms. The molecule has 1 N–H and O–H groups in total. The third-order valence-corrected chi connectivity index (χ3v) is 5.22. The number of alkyl halides is 3. The predicted octanol–water partition coefficient (Wildman–Crippen LogP) is 3.45. The molecule has 0 spiro atoms. The van der Waals surface area contributed by atoms with Gasteiger partial charge in [0, 0.05) is 21.5 Å². The van der Waals surface area contributed by atoms with Gasteiger partial charge in [0.25, 0.3) is 11.5 Å². The van der Waals surface area contributed by atoms with Crippen LogP contribution in [0.15, 0.2) is 35.1 Å². The molecule has 2 rings (SSSR count). The number of carbonyl (C=O) groups is 1. The van der Waals surface area contributed by atoms with Crippen molar-refractivity contribution >= 4 is 28.5 Å². The first-order chi connectivity index (χ1) is 13.0. The van der Waals surface area contributed by atoms with E-state index in [-0.39, 0.29) is 11.3 Å². The van der Waals surface area contributed by atoms with E-state index < -0.39 is 23.2 Å². The number of halogens is 4. The average Bonchev–Trinajstić information content (AvgIpc) is 2.61. The molecule has 1 heterocycles. The fraction of sp³-hybridized carbons (Fsp3) is 0.368. The lowest BCUT2D eigenvalue weighted by Gasteiger charge is -2.16. The minimum atomic E-state index is -4.53. The summed E-state index contributed by atoms with van der Waals surface area (Å²) in [7, 11) is 3.83. The second kappa shape index (κ2) is 9.08. The van der Waals surface area contributed by atoms with Crippen molar-refractivity contribution in [3.8, 4) is 5.69 Å². The van der Waals surface area contributed by atoms with E-state index in [2.05, 4.69) is 5.32 Å². The molecule has 152 valence electrons. The molecule has 0 aliphatic heterocycles. The first-order valence-corrected chi connectivity index (χ1v) is 9.63. The fourth-order valence-electron chi connectivity index (χ4n) is 2.66. The van der Waals surface area contributed by atoms with Crippen molar-refractivity contribution in [3.05, 3.63) is 61.1 Å². The zero-order chi connectivity index (χ0) is 21.1. The standard InChI is InChI=1S/C19H21F3IN3O2/c1-12-16(23)11-15(17(27)24-8-5-9-25(2)3)18(28)26(12)14-7-4-6-13(10-14)19(20,21)22/h4,6-7,10-11H,5,8-9H2,1-3H3,(H,24,27). The largest absolute Gasteiger partial charge is 0.416 e. The van der Waals surface area contributed by atoms with Crippen LogP contribution in [0.25, 0.3) is 5.69 Å². The number of pyridine rings is 1. The summed E-state index contributed by atoms with van der Waals surface area (Å²) in [5.41, 5.74) is -1.07. The molecule has 1 aromatic heterocycles. The SMILES string of the molecule is Cc1c(I)cc(C(=O)NCCCN(C)C)c(=O)n1-c1cccc(C(F)(F)F)c1. The lowest BCUT2D eigenvalue weighted by atomic mass is 10.1. The number of rotatable bonds is 6. The summed E-state index contributed by atoms with van der Waals surface area (Å²) in [6.45, 7) is 2.80. The van der Waals surface area contributed by atoms with Crippen LogP contribution >= 0.6 is 22.6 Å². The Labute approximate surface area is 174 Å². The summed E-state index contributed by atoms with van der Waals surface area (Å²) in [6, 6.07) is 5.96. The van der Waals surface area contributed by atoms with Gasteiger partial charge in [-0.15, -0.1) is 0 Å². The molecule has 0 fully saturated rings. The Morgan fingerprint density at radius 3 is 2.54 bits per heavy atom. The smallest absolute Gasteiger partial charge is 0.352 e. The van der Waals surface area contributed by atoms with Gasteiger partial charge in [0.2, 0.25) is 0 Å². The number of hydrogen-bond acceptors (Lipinski definition) is 3. The van der Waals surface area contributed by atoms with Gasteiger partial charge in [0.15, 0.2) is 0 Å². The first-order valence-electron chi connectivity index (χ1n) is 8.55. The van der Waals surface area contributed by atoms with Crippen molar-refractivity contribution in [2.45, 2.75) is 19.5 Å². The Balaban J connectivity index is 2.42. The molecular formula is C19H21F3IN3O2. The minimum absolute atomic E-state index is 0.0671. The van der Waals surface area contributed by atoms with Crippen molar-refractivity contribution in [1.82, 2.24) is 14.8 Å². The highest BCUT2D eigenvalue weighted by Gasteiger charge is 2.31. The molecule has 5 nitrogen and oxygen atoms in total. The number of benzene rings is 1. The van der Waals surface area contributed by atoms with E-state index >= 15 is 0 Å². The van der Waals surface area contributed by atoms with Crippen molar-refractivity contribution in [2.75, 3.05) is 27.2 Å². The van der Waals surface area contributed by atoms with Gasteiger partial charge in [-0.05, 0) is 80.8 Å².